The molecule has 1 aromatic carbocycles. The van der Waals surface area contributed by atoms with E-state index >= 15 is 0 Å². The molecular weight excluding hydrogens is 332 g/mol. The number of rotatable bonds is 10. The van der Waals surface area contributed by atoms with Crippen LogP contribution in [-0.4, -0.2) is 12.9 Å². The largest absolute Gasteiger partial charge is 0.465 e. The second-order valence-corrected chi connectivity index (χ2v) is 8.58. The molecule has 0 radical (unpaired) electrons. The van der Waals surface area contributed by atoms with Crippen LogP contribution >= 0.6 is 0 Å². The molecule has 156 valence electrons. The summed E-state index contributed by atoms with van der Waals surface area (Å²) in [7, 11) is 0. The molecule has 0 spiro atoms. The molecule has 1 aliphatic carbocycles. The van der Waals surface area contributed by atoms with Crippen molar-refractivity contribution in [1.29, 1.82) is 0 Å². The van der Waals surface area contributed by atoms with Crippen LogP contribution in [0.15, 0.2) is 24.3 Å². The highest BCUT2D eigenvalue weighted by Gasteiger charge is 2.17. The Bertz CT molecular complexity index is 458. The van der Waals surface area contributed by atoms with Crippen LogP contribution < -0.4 is 4.74 Å². The number of ether oxygens (including phenoxy) is 2. The summed E-state index contributed by atoms with van der Waals surface area (Å²) < 4.78 is 12.3. The van der Waals surface area contributed by atoms with Crippen molar-refractivity contribution in [1.82, 2.24) is 0 Å². The Morgan fingerprint density at radius 1 is 0.889 bits per heavy atom. The van der Waals surface area contributed by atoms with Crippen molar-refractivity contribution in [3.05, 3.63) is 29.8 Å². The summed E-state index contributed by atoms with van der Waals surface area (Å²) in [4.78, 5) is 0. The molecule has 0 heterocycles. The molecule has 2 heteroatoms. The third kappa shape index (κ3) is 10.8. The van der Waals surface area contributed by atoms with E-state index in [-0.39, 0.29) is 6.29 Å². The van der Waals surface area contributed by atoms with Gasteiger partial charge in [-0.05, 0) is 48.3 Å². The van der Waals surface area contributed by atoms with Gasteiger partial charge in [-0.3, -0.25) is 0 Å². The van der Waals surface area contributed by atoms with Crippen molar-refractivity contribution in [3.63, 3.8) is 0 Å². The van der Waals surface area contributed by atoms with E-state index in [2.05, 4.69) is 52.0 Å². The minimum atomic E-state index is -0.125. The zero-order chi connectivity index (χ0) is 20.1. The molecule has 0 saturated heterocycles. The fraction of sp³-hybridized carbons (Fsp3) is 0.760. The summed E-state index contributed by atoms with van der Waals surface area (Å²) >= 11 is 0. The van der Waals surface area contributed by atoms with Crippen molar-refractivity contribution in [2.24, 2.45) is 17.8 Å². The minimum Gasteiger partial charge on any atom is -0.465 e. The highest BCUT2D eigenvalue weighted by molar-refractivity contribution is 5.27. The van der Waals surface area contributed by atoms with Gasteiger partial charge in [0.05, 0.1) is 6.61 Å². The first-order chi connectivity index (χ1) is 13.0. The normalized spacial score (nSPS) is 16.1. The molecule has 0 amide bonds. The van der Waals surface area contributed by atoms with E-state index in [0.717, 1.165) is 31.1 Å². The average Bonchev–Trinajstić information content (AvgIpc) is 2.65. The molecule has 2 rings (SSSR count). The number of hydrogen-bond acceptors (Lipinski definition) is 2. The quantitative estimate of drug-likeness (QED) is 0.390. The van der Waals surface area contributed by atoms with Crippen LogP contribution in [0, 0.1) is 17.8 Å². The fourth-order valence-electron chi connectivity index (χ4n) is 3.70. The molecule has 1 atom stereocenters. The van der Waals surface area contributed by atoms with E-state index < -0.39 is 0 Å². The standard InChI is InChI=1S/C23H38O2.C2H6/c1-18(2)16-21-10-12-22(13-11-21)25-23(17-19(3)4)24-15-14-20-8-6-5-7-9-20;1-2/h10-13,18-20,23H,5-9,14-17H2,1-4H3;1-2H3. The Morgan fingerprint density at radius 2 is 1.52 bits per heavy atom. The van der Waals surface area contributed by atoms with Crippen molar-refractivity contribution >= 4 is 0 Å². The Labute approximate surface area is 169 Å². The van der Waals surface area contributed by atoms with Gasteiger partial charge < -0.3 is 9.47 Å². The van der Waals surface area contributed by atoms with Crippen molar-refractivity contribution in [2.45, 2.75) is 99.2 Å². The molecular formula is C25H44O2. The summed E-state index contributed by atoms with van der Waals surface area (Å²) in [6, 6.07) is 8.55. The van der Waals surface area contributed by atoms with Crippen LogP contribution in [0.1, 0.15) is 92.1 Å². The lowest BCUT2D eigenvalue weighted by Crippen LogP contribution is -2.24. The van der Waals surface area contributed by atoms with Gasteiger partial charge in [0.2, 0.25) is 0 Å². The first-order valence-electron chi connectivity index (χ1n) is 11.4. The van der Waals surface area contributed by atoms with E-state index in [0.29, 0.717) is 11.8 Å². The lowest BCUT2D eigenvalue weighted by Gasteiger charge is -2.24. The van der Waals surface area contributed by atoms with Gasteiger partial charge in [-0.2, -0.15) is 0 Å². The zero-order valence-electron chi connectivity index (χ0n) is 18.8. The highest BCUT2D eigenvalue weighted by atomic mass is 16.7. The van der Waals surface area contributed by atoms with Gasteiger partial charge in [0.25, 0.3) is 0 Å². The van der Waals surface area contributed by atoms with Gasteiger partial charge in [-0.25, -0.2) is 0 Å². The molecule has 1 aliphatic rings. The first kappa shape index (κ1) is 24.0. The molecule has 0 N–H and O–H groups in total. The van der Waals surface area contributed by atoms with E-state index in [9.17, 15) is 0 Å². The fourth-order valence-corrected chi connectivity index (χ4v) is 3.70. The molecule has 0 aliphatic heterocycles. The summed E-state index contributed by atoms with van der Waals surface area (Å²) in [6.45, 7) is 13.8. The molecule has 1 saturated carbocycles. The molecule has 0 bridgehead atoms. The Kier molecular flexibility index (Phi) is 12.5. The Morgan fingerprint density at radius 3 is 2.07 bits per heavy atom. The van der Waals surface area contributed by atoms with Crippen LogP contribution in [0.25, 0.3) is 0 Å². The molecule has 1 fully saturated rings. The number of hydrogen-bond donors (Lipinski definition) is 0. The van der Waals surface area contributed by atoms with Gasteiger partial charge in [0.15, 0.2) is 6.29 Å². The molecule has 2 nitrogen and oxygen atoms in total. The van der Waals surface area contributed by atoms with E-state index in [1.54, 1.807) is 0 Å². The lowest BCUT2D eigenvalue weighted by atomic mass is 9.87. The monoisotopic (exact) mass is 376 g/mol. The summed E-state index contributed by atoms with van der Waals surface area (Å²) in [6.07, 6.45) is 10.1. The molecule has 27 heavy (non-hydrogen) atoms. The summed E-state index contributed by atoms with van der Waals surface area (Å²) in [5.41, 5.74) is 1.38. The maximum atomic E-state index is 6.15. The summed E-state index contributed by atoms with van der Waals surface area (Å²) in [5.74, 6) is 3.04. The van der Waals surface area contributed by atoms with E-state index in [1.807, 2.05) is 13.8 Å². The predicted molar refractivity (Wildman–Crippen MR) is 117 cm³/mol. The third-order valence-electron chi connectivity index (χ3n) is 5.05. The first-order valence-corrected chi connectivity index (χ1v) is 11.4. The van der Waals surface area contributed by atoms with Crippen LogP contribution in [0.5, 0.6) is 5.75 Å². The van der Waals surface area contributed by atoms with E-state index in [4.69, 9.17) is 9.47 Å². The van der Waals surface area contributed by atoms with Gasteiger partial charge in [-0.1, -0.05) is 85.8 Å². The van der Waals surface area contributed by atoms with Gasteiger partial charge in [0.1, 0.15) is 5.75 Å². The summed E-state index contributed by atoms with van der Waals surface area (Å²) in [5, 5.41) is 0. The van der Waals surface area contributed by atoms with Gasteiger partial charge in [-0.15, -0.1) is 0 Å². The van der Waals surface area contributed by atoms with E-state index in [1.165, 1.54) is 44.1 Å². The topological polar surface area (TPSA) is 18.5 Å². The maximum absolute atomic E-state index is 6.15. The van der Waals surface area contributed by atoms with Crippen molar-refractivity contribution in [2.75, 3.05) is 6.61 Å². The Balaban J connectivity index is 0.00000176. The second kappa shape index (κ2) is 14.0. The van der Waals surface area contributed by atoms with Crippen LogP contribution in [0.2, 0.25) is 0 Å². The van der Waals surface area contributed by atoms with Crippen LogP contribution in [-0.2, 0) is 11.2 Å². The second-order valence-electron chi connectivity index (χ2n) is 8.58. The van der Waals surface area contributed by atoms with Crippen LogP contribution in [0.3, 0.4) is 0 Å². The number of benzene rings is 1. The van der Waals surface area contributed by atoms with Crippen molar-refractivity contribution in [3.8, 4) is 5.75 Å². The van der Waals surface area contributed by atoms with Gasteiger partial charge >= 0.3 is 0 Å². The average molecular weight is 377 g/mol. The molecule has 1 unspecified atom stereocenters. The molecule has 1 aromatic rings. The van der Waals surface area contributed by atoms with Crippen molar-refractivity contribution < 1.29 is 9.47 Å². The molecule has 0 aromatic heterocycles. The zero-order valence-corrected chi connectivity index (χ0v) is 18.8. The van der Waals surface area contributed by atoms with Crippen LogP contribution in [0.4, 0.5) is 0 Å². The third-order valence-corrected chi connectivity index (χ3v) is 5.05. The SMILES string of the molecule is CC.CC(C)Cc1ccc(OC(CC(C)C)OCCC2CCCCC2)cc1. The Hall–Kier alpha value is -1.02. The highest BCUT2D eigenvalue weighted by Crippen LogP contribution is 2.27. The lowest BCUT2D eigenvalue weighted by molar-refractivity contribution is -0.0944. The predicted octanol–water partition coefficient (Wildman–Crippen LogP) is 7.65. The smallest absolute Gasteiger partial charge is 0.200 e. The minimum absolute atomic E-state index is 0.125. The maximum Gasteiger partial charge on any atom is 0.200 e. The van der Waals surface area contributed by atoms with Gasteiger partial charge in [0, 0.05) is 6.42 Å².